The molecule has 0 aliphatic heterocycles. The first-order valence-electron chi connectivity index (χ1n) is 3.91. The van der Waals surface area contributed by atoms with Crippen molar-refractivity contribution in [2.24, 2.45) is 17.8 Å². The molecule has 9 heavy (non-hydrogen) atoms. The van der Waals surface area contributed by atoms with Crippen molar-refractivity contribution in [1.82, 2.24) is 0 Å². The Morgan fingerprint density at radius 1 is 1.22 bits per heavy atom. The highest BCUT2D eigenvalue weighted by atomic mass is 127. The van der Waals surface area contributed by atoms with Crippen molar-refractivity contribution in [2.75, 3.05) is 0 Å². The van der Waals surface area contributed by atoms with E-state index in [-0.39, 0.29) is 0 Å². The summed E-state index contributed by atoms with van der Waals surface area (Å²) in [5.41, 5.74) is 0. The molecule has 0 heterocycles. The van der Waals surface area contributed by atoms with E-state index < -0.39 is 0 Å². The highest BCUT2D eigenvalue weighted by molar-refractivity contribution is 14.1. The number of alkyl halides is 1. The van der Waals surface area contributed by atoms with Crippen molar-refractivity contribution < 1.29 is 0 Å². The average molecular weight is 236 g/mol. The Kier molecular flexibility index (Phi) is 1.51. The van der Waals surface area contributed by atoms with Crippen LogP contribution in [0.4, 0.5) is 0 Å². The molecule has 0 saturated heterocycles. The van der Waals surface area contributed by atoms with E-state index >= 15 is 0 Å². The van der Waals surface area contributed by atoms with Crippen LogP contribution in [0.1, 0.15) is 26.2 Å². The molecule has 2 bridgehead atoms. The van der Waals surface area contributed by atoms with E-state index in [1.165, 1.54) is 6.42 Å². The zero-order valence-electron chi connectivity index (χ0n) is 5.81. The minimum atomic E-state index is 1.00. The predicted molar refractivity (Wildman–Crippen MR) is 47.8 cm³/mol. The Morgan fingerprint density at radius 3 is 2.22 bits per heavy atom. The van der Waals surface area contributed by atoms with Gasteiger partial charge in [0.05, 0.1) is 0 Å². The standard InChI is InChI=1S/C8H13I/c1-5-7-2-6(3-7)4-8(5)9/h5-8H,2-4H2,1H3/t5-,6-,7+,8-/m1/s1. The lowest BCUT2D eigenvalue weighted by Crippen LogP contribution is -2.41. The molecule has 0 spiro atoms. The Balaban J connectivity index is 2.04. The first kappa shape index (κ1) is 6.44. The first-order valence-corrected chi connectivity index (χ1v) is 5.16. The van der Waals surface area contributed by atoms with E-state index in [2.05, 4.69) is 29.5 Å². The molecular weight excluding hydrogens is 223 g/mol. The van der Waals surface area contributed by atoms with Crippen molar-refractivity contribution in [1.29, 1.82) is 0 Å². The van der Waals surface area contributed by atoms with Gasteiger partial charge in [0.25, 0.3) is 0 Å². The molecule has 3 aliphatic rings. The van der Waals surface area contributed by atoms with Gasteiger partial charge in [-0.1, -0.05) is 29.5 Å². The molecule has 0 aromatic heterocycles. The average Bonchev–Trinajstić information content (AvgIpc) is 1.72. The van der Waals surface area contributed by atoms with Gasteiger partial charge >= 0.3 is 0 Å². The normalized spacial score (nSPS) is 56.7. The zero-order chi connectivity index (χ0) is 6.43. The summed E-state index contributed by atoms with van der Waals surface area (Å²) in [6, 6.07) is 0. The summed E-state index contributed by atoms with van der Waals surface area (Å²) >= 11 is 2.63. The summed E-state index contributed by atoms with van der Waals surface area (Å²) in [4.78, 5) is 0. The second-order valence-electron chi connectivity index (χ2n) is 3.71. The molecule has 0 amide bonds. The maximum absolute atomic E-state index is 2.63. The van der Waals surface area contributed by atoms with Crippen molar-refractivity contribution in [3.8, 4) is 0 Å². The molecule has 1 heteroatoms. The molecule has 0 nitrogen and oxygen atoms in total. The monoisotopic (exact) mass is 236 g/mol. The Bertz CT molecular complexity index is 114. The van der Waals surface area contributed by atoms with Crippen LogP contribution in [-0.4, -0.2) is 3.92 Å². The number of hydrogen-bond acceptors (Lipinski definition) is 0. The van der Waals surface area contributed by atoms with Gasteiger partial charge in [0.1, 0.15) is 0 Å². The lowest BCUT2D eigenvalue weighted by molar-refractivity contribution is 0.0707. The molecule has 0 aromatic carbocycles. The molecule has 0 N–H and O–H groups in total. The quantitative estimate of drug-likeness (QED) is 0.448. The van der Waals surface area contributed by atoms with E-state index in [0.717, 1.165) is 21.7 Å². The fourth-order valence-electron chi connectivity index (χ4n) is 2.24. The first-order chi connectivity index (χ1) is 4.27. The van der Waals surface area contributed by atoms with E-state index in [4.69, 9.17) is 0 Å². The van der Waals surface area contributed by atoms with Crippen molar-refractivity contribution in [3.63, 3.8) is 0 Å². The predicted octanol–water partition coefficient (Wildman–Crippen LogP) is 2.86. The molecule has 3 fully saturated rings. The SMILES string of the molecule is C[C@@H]1[C@H]2C[C@@H](C[C@H]1I)C2. The maximum Gasteiger partial charge on any atom is 0.0140 e. The van der Waals surface area contributed by atoms with Crippen LogP contribution in [0.25, 0.3) is 0 Å². The lowest BCUT2D eigenvalue weighted by atomic mass is 9.61. The topological polar surface area (TPSA) is 0 Å². The van der Waals surface area contributed by atoms with Gasteiger partial charge in [0.2, 0.25) is 0 Å². The van der Waals surface area contributed by atoms with Crippen LogP contribution in [0.2, 0.25) is 0 Å². The minimum absolute atomic E-state index is 1.00. The van der Waals surface area contributed by atoms with Crippen LogP contribution in [-0.2, 0) is 0 Å². The molecule has 3 saturated carbocycles. The van der Waals surface area contributed by atoms with Crippen LogP contribution >= 0.6 is 22.6 Å². The van der Waals surface area contributed by atoms with Crippen molar-refractivity contribution >= 4 is 22.6 Å². The van der Waals surface area contributed by atoms with E-state index in [9.17, 15) is 0 Å². The molecule has 52 valence electrons. The van der Waals surface area contributed by atoms with Crippen LogP contribution in [0.5, 0.6) is 0 Å². The van der Waals surface area contributed by atoms with Gasteiger partial charge in [0.15, 0.2) is 0 Å². The fourth-order valence-corrected chi connectivity index (χ4v) is 3.54. The number of fused-ring (bicyclic) bond motifs is 2. The number of rotatable bonds is 0. The third-order valence-corrected chi connectivity index (χ3v) is 4.79. The lowest BCUT2D eigenvalue weighted by Gasteiger charge is -2.48. The molecule has 0 aromatic rings. The molecule has 2 atom stereocenters. The number of hydrogen-bond donors (Lipinski definition) is 0. The number of halogens is 1. The second-order valence-corrected chi connectivity index (χ2v) is 5.31. The van der Waals surface area contributed by atoms with Gasteiger partial charge in [-0.05, 0) is 37.0 Å². The second kappa shape index (κ2) is 2.11. The van der Waals surface area contributed by atoms with Gasteiger partial charge in [-0.15, -0.1) is 0 Å². The van der Waals surface area contributed by atoms with Crippen molar-refractivity contribution in [3.05, 3.63) is 0 Å². The van der Waals surface area contributed by atoms with Gasteiger partial charge in [0, 0.05) is 3.92 Å². The van der Waals surface area contributed by atoms with Crippen LogP contribution in [0.3, 0.4) is 0 Å². The third-order valence-electron chi connectivity index (χ3n) is 3.14. The smallest absolute Gasteiger partial charge is 0.0140 e. The Labute approximate surface area is 70.5 Å². The zero-order valence-corrected chi connectivity index (χ0v) is 7.97. The van der Waals surface area contributed by atoms with Crippen molar-refractivity contribution in [2.45, 2.75) is 30.1 Å². The summed E-state index contributed by atoms with van der Waals surface area (Å²) in [7, 11) is 0. The summed E-state index contributed by atoms with van der Waals surface area (Å²) in [5, 5.41) is 0. The fraction of sp³-hybridized carbons (Fsp3) is 1.00. The molecular formula is C8H13I. The minimum Gasteiger partial charge on any atom is -0.0823 e. The van der Waals surface area contributed by atoms with Crippen LogP contribution in [0.15, 0.2) is 0 Å². The highest BCUT2D eigenvalue weighted by Crippen LogP contribution is 2.51. The van der Waals surface area contributed by atoms with Gasteiger partial charge in [-0.2, -0.15) is 0 Å². The summed E-state index contributed by atoms with van der Waals surface area (Å²) in [6.45, 7) is 2.43. The maximum atomic E-state index is 2.63. The van der Waals surface area contributed by atoms with E-state index in [1.54, 1.807) is 12.8 Å². The van der Waals surface area contributed by atoms with Gasteiger partial charge in [-0.3, -0.25) is 0 Å². The highest BCUT2D eigenvalue weighted by Gasteiger charge is 2.42. The summed E-state index contributed by atoms with van der Waals surface area (Å²) in [6.07, 6.45) is 4.62. The Morgan fingerprint density at radius 2 is 1.89 bits per heavy atom. The molecule has 3 rings (SSSR count). The van der Waals surface area contributed by atoms with E-state index in [1.807, 2.05) is 0 Å². The van der Waals surface area contributed by atoms with Crippen LogP contribution < -0.4 is 0 Å². The Hall–Kier alpha value is 0.730. The van der Waals surface area contributed by atoms with Gasteiger partial charge in [-0.25, -0.2) is 0 Å². The summed E-state index contributed by atoms with van der Waals surface area (Å²) < 4.78 is 1.00. The van der Waals surface area contributed by atoms with Gasteiger partial charge < -0.3 is 0 Å². The molecule has 3 aliphatic carbocycles. The van der Waals surface area contributed by atoms with Crippen LogP contribution in [0, 0.1) is 17.8 Å². The molecule has 0 radical (unpaired) electrons. The largest absolute Gasteiger partial charge is 0.0823 e. The summed E-state index contributed by atoms with van der Waals surface area (Å²) in [5.74, 6) is 3.27. The third kappa shape index (κ3) is 0.920. The molecule has 0 unspecified atom stereocenters. The van der Waals surface area contributed by atoms with E-state index in [0.29, 0.717) is 0 Å².